The van der Waals surface area contributed by atoms with E-state index in [9.17, 15) is 43.2 Å². The summed E-state index contributed by atoms with van der Waals surface area (Å²) in [5.74, 6) is -7.31. The number of nitrogens with zero attached hydrogens (tertiary/aromatic N) is 1. The van der Waals surface area contributed by atoms with Crippen LogP contribution in [-0.4, -0.2) is 140 Å². The van der Waals surface area contributed by atoms with Gasteiger partial charge in [-0.2, -0.15) is 0 Å². The molecule has 0 bridgehead atoms. The number of carbonyl (C=O) groups is 9. The minimum Gasteiger partial charge on any atom is -0.354 e. The summed E-state index contributed by atoms with van der Waals surface area (Å²) in [6.07, 6.45) is 14.1. The zero-order valence-electron chi connectivity index (χ0n) is 46.1. The van der Waals surface area contributed by atoms with Gasteiger partial charge in [0.2, 0.25) is 53.2 Å². The molecule has 9 atom stereocenters. The Morgan fingerprint density at radius 1 is 0.671 bits per heavy atom. The number of hydrogen-bond acceptors (Lipinski definition) is 14. The van der Waals surface area contributed by atoms with E-state index >= 15 is 0 Å². The maximum absolute atomic E-state index is 14.8. The topological polar surface area (TPSA) is 378 Å². The van der Waals surface area contributed by atoms with Gasteiger partial charge in [-0.05, 0) is 119 Å². The number of nitrogens with two attached hydrogens (primary N) is 4. The average molecular weight is 1100 g/mol. The number of allylic oxidation sites excluding steroid dienone is 4. The molecule has 23 heteroatoms. The summed E-state index contributed by atoms with van der Waals surface area (Å²) in [6, 6.07) is -2.67. The van der Waals surface area contributed by atoms with Crippen LogP contribution in [0.4, 0.5) is 0 Å². The number of amides is 9. The fourth-order valence-corrected chi connectivity index (χ4v) is 10.3. The Morgan fingerprint density at radius 3 is 1.84 bits per heavy atom. The van der Waals surface area contributed by atoms with E-state index in [1.165, 1.54) is 0 Å². The van der Waals surface area contributed by atoms with Crippen molar-refractivity contribution in [3.05, 3.63) is 71.5 Å². The molecule has 2 aliphatic heterocycles. The second kappa shape index (κ2) is 32.3. The minimum atomic E-state index is -1.45. The summed E-state index contributed by atoms with van der Waals surface area (Å²) in [7, 11) is 0. The molecule has 9 amide bonds. The molecule has 0 spiro atoms. The largest absolute Gasteiger partial charge is 0.354 e. The third-order valence-electron chi connectivity index (χ3n) is 14.6. The highest BCUT2D eigenvalue weighted by atomic mass is 16.2. The Labute approximate surface area is 463 Å². The van der Waals surface area contributed by atoms with Gasteiger partial charge in [-0.15, -0.1) is 0 Å². The molecule has 1 fully saturated rings. The average Bonchev–Trinajstić information content (AvgIpc) is 4.07. The van der Waals surface area contributed by atoms with E-state index in [2.05, 4.69) is 59.8 Å². The van der Waals surface area contributed by atoms with Crippen LogP contribution in [0.2, 0.25) is 0 Å². The van der Waals surface area contributed by atoms with E-state index in [0.717, 1.165) is 42.5 Å². The van der Waals surface area contributed by atoms with Crippen molar-refractivity contribution >= 4 is 58.9 Å². The lowest BCUT2D eigenvalue weighted by Crippen LogP contribution is -2.61. The van der Waals surface area contributed by atoms with Crippen LogP contribution >= 0.6 is 0 Å². The van der Waals surface area contributed by atoms with Gasteiger partial charge >= 0.3 is 0 Å². The van der Waals surface area contributed by atoms with Crippen LogP contribution in [0.25, 0.3) is 0 Å². The molecular formula is C56H86N14O9. The lowest BCUT2D eigenvalue weighted by atomic mass is 9.88. The lowest BCUT2D eigenvalue weighted by molar-refractivity contribution is -0.136. The van der Waals surface area contributed by atoms with E-state index in [1.807, 2.05) is 62.4 Å². The van der Waals surface area contributed by atoms with Crippen LogP contribution in [0.1, 0.15) is 115 Å². The van der Waals surface area contributed by atoms with Crippen LogP contribution in [0, 0.1) is 17.8 Å². The number of aliphatic imine (C=N–C) groups is 1. The number of benzene rings is 1. The molecule has 2 aliphatic carbocycles. The van der Waals surface area contributed by atoms with Crippen LogP contribution in [0.15, 0.2) is 65.3 Å². The highest BCUT2D eigenvalue weighted by molar-refractivity contribution is 6.03. The van der Waals surface area contributed by atoms with Gasteiger partial charge in [-0.25, -0.2) is 0 Å². The molecule has 0 aromatic heterocycles. The third-order valence-corrected chi connectivity index (χ3v) is 14.6. The molecular weight excluding hydrogens is 1010 g/mol. The molecule has 5 rings (SSSR count). The van der Waals surface area contributed by atoms with Crippen molar-refractivity contribution in [3.63, 3.8) is 0 Å². The summed E-state index contributed by atoms with van der Waals surface area (Å²) in [5.41, 5.74) is 27.3. The first-order valence-electron chi connectivity index (χ1n) is 28.2. The predicted molar refractivity (Wildman–Crippen MR) is 300 cm³/mol. The Kier molecular flexibility index (Phi) is 25.8. The summed E-state index contributed by atoms with van der Waals surface area (Å²) < 4.78 is 0. The van der Waals surface area contributed by atoms with Crippen molar-refractivity contribution in [1.29, 1.82) is 0 Å². The Balaban J connectivity index is 1.53. The van der Waals surface area contributed by atoms with Gasteiger partial charge in [0.05, 0.1) is 5.71 Å². The van der Waals surface area contributed by atoms with E-state index in [4.69, 9.17) is 22.9 Å². The van der Waals surface area contributed by atoms with Gasteiger partial charge in [0.1, 0.15) is 48.3 Å². The number of nitrogens with one attached hydrogen (secondary N) is 9. The lowest BCUT2D eigenvalue weighted by Gasteiger charge is -2.30. The molecule has 0 saturated carbocycles. The number of fused-ring (bicyclic) bond motifs is 2. The first kappa shape index (κ1) is 63.0. The molecule has 79 heavy (non-hydrogen) atoms. The van der Waals surface area contributed by atoms with Crippen LogP contribution in [-0.2, 0) is 56.0 Å². The van der Waals surface area contributed by atoms with Gasteiger partial charge in [-0.3, -0.25) is 48.1 Å². The van der Waals surface area contributed by atoms with Gasteiger partial charge in [0.15, 0.2) is 0 Å². The zero-order chi connectivity index (χ0) is 57.4. The van der Waals surface area contributed by atoms with Crippen molar-refractivity contribution in [2.75, 3.05) is 32.7 Å². The highest BCUT2D eigenvalue weighted by Crippen LogP contribution is 2.30. The molecule has 1 aromatic rings. The second-order valence-corrected chi connectivity index (χ2v) is 21.3. The normalized spacial score (nSPS) is 25.0. The van der Waals surface area contributed by atoms with Crippen molar-refractivity contribution in [2.24, 2.45) is 45.7 Å². The Hall–Kier alpha value is -6.82. The van der Waals surface area contributed by atoms with E-state index in [1.54, 1.807) is 6.20 Å². The molecule has 4 aliphatic rings. The first-order valence-corrected chi connectivity index (χ1v) is 28.2. The molecule has 23 nitrogen and oxygen atoms in total. The minimum absolute atomic E-state index is 0.0113. The maximum Gasteiger partial charge on any atom is 0.243 e. The molecule has 0 radical (unpaired) electrons. The maximum atomic E-state index is 14.8. The number of rotatable bonds is 22. The van der Waals surface area contributed by atoms with E-state index < -0.39 is 102 Å². The summed E-state index contributed by atoms with van der Waals surface area (Å²) in [5, 5.41) is 25.0. The first-order chi connectivity index (χ1) is 38.0. The summed E-state index contributed by atoms with van der Waals surface area (Å²) in [6.45, 7) is 5.33. The summed E-state index contributed by atoms with van der Waals surface area (Å²) >= 11 is 0. The molecule has 1 unspecified atom stereocenters. The Morgan fingerprint density at radius 2 is 1.24 bits per heavy atom. The fourth-order valence-electron chi connectivity index (χ4n) is 10.3. The predicted octanol–water partition coefficient (Wildman–Crippen LogP) is -0.928. The second-order valence-electron chi connectivity index (χ2n) is 21.3. The molecule has 1 saturated heterocycles. The molecule has 17 N–H and O–H groups in total. The SMILES string of the molecule is CCCCCCCC(=O)N[C@H](CCN)C(=O)N[C@H]1CCNC(=O)[C@H](CC2=CN=C3C=CC=CC23)NC(=O)[C@H](CCN)NC(=O)[C@H](CCN)NC(=O)[C@H](CC(C)C)NC(=O)[C@@H](C2Cc3ccccc3C2)NC(=O)[C@H](CCN)NC1=O. The van der Waals surface area contributed by atoms with Crippen molar-refractivity contribution in [3.8, 4) is 0 Å². The van der Waals surface area contributed by atoms with Gasteiger partial charge in [0, 0.05) is 31.5 Å². The highest BCUT2D eigenvalue weighted by Gasteiger charge is 2.40. The summed E-state index contributed by atoms with van der Waals surface area (Å²) in [4.78, 5) is 133. The molecule has 1 aromatic carbocycles. The van der Waals surface area contributed by atoms with Crippen molar-refractivity contribution < 1.29 is 43.2 Å². The van der Waals surface area contributed by atoms with Crippen molar-refractivity contribution in [1.82, 2.24) is 47.9 Å². The van der Waals surface area contributed by atoms with E-state index in [0.29, 0.717) is 24.8 Å². The quantitative estimate of drug-likeness (QED) is 0.0626. The van der Waals surface area contributed by atoms with Gasteiger partial charge in [0.25, 0.3) is 0 Å². The van der Waals surface area contributed by atoms with Gasteiger partial charge < -0.3 is 70.8 Å². The zero-order valence-corrected chi connectivity index (χ0v) is 46.1. The van der Waals surface area contributed by atoms with E-state index in [-0.39, 0.29) is 102 Å². The standard InChI is InChI=1S/C56H86N14O9/c1-4-5-6-7-8-17-47(71)63-40(18-23-57)50(73)67-44-22-27-61-49(72)46(31-37-32-62-39-16-12-11-15-38(37)39)68-52(75)42(20-25-59)64-51(74)41(19-24-58)66-55(78)45(28-33(2)3)69-56(79)48(36-29-34-13-9-10-14-35(34)30-36)70-54(77)43(21-26-60)65-53(44)76/h9-16,32-33,36,38,40-46,48H,4-8,17-31,57-60H2,1-3H3,(H,61,72)(H,63,71)(H,64,74)(H,65,76)(H,66,78)(H,67,73)(H,68,75)(H,69,79)(H,70,77)/t38?,40-,41+,42+,43+,44+,45+,46+,48-/m1/s1. The Bertz CT molecular complexity index is 2400. The van der Waals surface area contributed by atoms with Crippen LogP contribution in [0.5, 0.6) is 0 Å². The monoisotopic (exact) mass is 1100 g/mol. The smallest absolute Gasteiger partial charge is 0.243 e. The van der Waals surface area contributed by atoms with Crippen LogP contribution < -0.4 is 70.8 Å². The number of unbranched alkanes of at least 4 members (excludes halogenated alkanes) is 4. The molecule has 434 valence electrons. The number of hydrogen-bond donors (Lipinski definition) is 13. The third kappa shape index (κ3) is 19.2. The fraction of sp³-hybridized carbons (Fsp3) is 0.607. The molecule has 2 heterocycles. The van der Waals surface area contributed by atoms with Crippen LogP contribution in [0.3, 0.4) is 0 Å². The number of carbonyl (C=O) groups excluding carboxylic acids is 9. The van der Waals surface area contributed by atoms with Gasteiger partial charge in [-0.1, -0.05) is 88.9 Å². The van der Waals surface area contributed by atoms with Crippen molar-refractivity contribution in [2.45, 2.75) is 165 Å².